The average molecular weight is 508 g/mol. The number of carbonyl (C=O) groups excluding carboxylic acids is 1. The fourth-order valence-corrected chi connectivity index (χ4v) is 3.50. The summed E-state index contributed by atoms with van der Waals surface area (Å²) in [5, 5.41) is 6.27. The highest BCUT2D eigenvalue weighted by atomic mass is 127. The van der Waals surface area contributed by atoms with E-state index in [2.05, 4.69) is 50.9 Å². The van der Waals surface area contributed by atoms with Gasteiger partial charge in [0.05, 0.1) is 7.11 Å². The van der Waals surface area contributed by atoms with Gasteiger partial charge >= 0.3 is 0 Å². The first-order valence-electron chi connectivity index (χ1n) is 9.64. The van der Waals surface area contributed by atoms with Gasteiger partial charge in [0, 0.05) is 44.7 Å². The highest BCUT2D eigenvalue weighted by Crippen LogP contribution is 2.26. The summed E-state index contributed by atoms with van der Waals surface area (Å²) >= 11 is 0. The Bertz CT molecular complexity index is 813. The van der Waals surface area contributed by atoms with E-state index in [0.717, 1.165) is 25.5 Å². The number of hydrogen-bond acceptors (Lipinski definition) is 3. The van der Waals surface area contributed by atoms with Crippen molar-refractivity contribution in [2.75, 3.05) is 40.3 Å². The number of methoxy groups -OCH3 is 1. The molecule has 1 aliphatic heterocycles. The number of nitrogens with one attached hydrogen (secondary N) is 2. The molecule has 1 amide bonds. The zero-order chi connectivity index (χ0) is 19.8. The van der Waals surface area contributed by atoms with Crippen LogP contribution in [0.5, 0.6) is 5.75 Å². The molecule has 1 atom stereocenters. The summed E-state index contributed by atoms with van der Waals surface area (Å²) in [6, 6.07) is 17.8. The van der Waals surface area contributed by atoms with Crippen LogP contribution in [0.4, 0.5) is 0 Å². The van der Waals surface area contributed by atoms with Gasteiger partial charge in [0.15, 0.2) is 5.96 Å². The van der Waals surface area contributed by atoms with Crippen LogP contribution < -0.4 is 15.4 Å². The first kappa shape index (κ1) is 23.0. The second-order valence-corrected chi connectivity index (χ2v) is 6.80. The second-order valence-electron chi connectivity index (χ2n) is 6.80. The molecule has 1 unspecified atom stereocenters. The van der Waals surface area contributed by atoms with Gasteiger partial charge in [-0.15, -0.1) is 24.0 Å². The maximum atomic E-state index is 12.2. The summed E-state index contributed by atoms with van der Waals surface area (Å²) in [6.45, 7) is 3.08. The number of guanidine groups is 1. The minimum Gasteiger partial charge on any atom is -0.497 e. The zero-order valence-electron chi connectivity index (χ0n) is 16.9. The number of benzene rings is 2. The van der Waals surface area contributed by atoms with E-state index in [1.54, 1.807) is 26.3 Å². The van der Waals surface area contributed by atoms with E-state index in [4.69, 9.17) is 4.74 Å². The number of hydrogen-bond donors (Lipinski definition) is 2. The van der Waals surface area contributed by atoms with E-state index < -0.39 is 0 Å². The highest BCUT2D eigenvalue weighted by molar-refractivity contribution is 14.0. The Kier molecular flexibility index (Phi) is 9.24. The Hall–Kier alpha value is -2.29. The molecule has 1 fully saturated rings. The first-order chi connectivity index (χ1) is 13.7. The van der Waals surface area contributed by atoms with Crippen LogP contribution in [0.25, 0.3) is 0 Å². The number of ether oxygens (including phenoxy) is 1. The summed E-state index contributed by atoms with van der Waals surface area (Å²) in [5.74, 6) is 1.98. The molecular formula is C22H29IN4O2. The molecule has 0 aromatic heterocycles. The lowest BCUT2D eigenvalue weighted by Gasteiger charge is -2.22. The molecule has 0 spiro atoms. The van der Waals surface area contributed by atoms with Gasteiger partial charge in [-0.2, -0.15) is 0 Å². The van der Waals surface area contributed by atoms with E-state index in [1.807, 2.05) is 12.1 Å². The normalized spacial score (nSPS) is 16.1. The van der Waals surface area contributed by atoms with Crippen LogP contribution in [0.2, 0.25) is 0 Å². The number of rotatable bonds is 6. The van der Waals surface area contributed by atoms with Crippen LogP contribution >= 0.6 is 24.0 Å². The number of halogens is 1. The number of likely N-dealkylation sites (tertiary alicyclic amines) is 1. The maximum Gasteiger partial charge on any atom is 0.251 e. The molecule has 2 aromatic carbocycles. The molecule has 6 nitrogen and oxygen atoms in total. The molecular weight excluding hydrogens is 479 g/mol. The summed E-state index contributed by atoms with van der Waals surface area (Å²) < 4.78 is 5.16. The van der Waals surface area contributed by atoms with E-state index in [1.165, 1.54) is 5.56 Å². The van der Waals surface area contributed by atoms with Crippen molar-refractivity contribution in [1.82, 2.24) is 15.5 Å². The Morgan fingerprint density at radius 2 is 1.90 bits per heavy atom. The molecule has 1 saturated heterocycles. The van der Waals surface area contributed by atoms with Crippen LogP contribution in [-0.2, 0) is 0 Å². The van der Waals surface area contributed by atoms with Crippen LogP contribution in [0.15, 0.2) is 59.6 Å². The fraction of sp³-hybridized carbons (Fsp3) is 0.364. The van der Waals surface area contributed by atoms with Crippen molar-refractivity contribution in [3.8, 4) is 5.75 Å². The van der Waals surface area contributed by atoms with Gasteiger partial charge < -0.3 is 20.3 Å². The van der Waals surface area contributed by atoms with Crippen molar-refractivity contribution in [2.24, 2.45) is 4.99 Å². The van der Waals surface area contributed by atoms with Gasteiger partial charge in [0.25, 0.3) is 5.91 Å². The molecule has 0 aliphatic carbocycles. The first-order valence-corrected chi connectivity index (χ1v) is 9.64. The predicted octanol–water partition coefficient (Wildman–Crippen LogP) is 3.11. The van der Waals surface area contributed by atoms with Crippen LogP contribution in [0, 0.1) is 0 Å². The molecule has 2 aromatic rings. The standard InChI is InChI=1S/C22H28N4O2.HI/c1-23-22(26-14-11-19(16-26)17-7-4-3-5-8-17)25-13-12-24-21(27)18-9-6-10-20(15-18)28-2;/h3-10,15,19H,11-14,16H2,1-2H3,(H,23,25)(H,24,27);1H. The van der Waals surface area contributed by atoms with Gasteiger partial charge in [-0.25, -0.2) is 0 Å². The van der Waals surface area contributed by atoms with Gasteiger partial charge in [0.1, 0.15) is 5.75 Å². The number of amides is 1. The topological polar surface area (TPSA) is 66.0 Å². The minimum atomic E-state index is -0.110. The molecule has 3 rings (SSSR count). The van der Waals surface area contributed by atoms with E-state index in [9.17, 15) is 4.79 Å². The molecule has 29 heavy (non-hydrogen) atoms. The maximum absolute atomic E-state index is 12.2. The Morgan fingerprint density at radius 3 is 2.62 bits per heavy atom. The lowest BCUT2D eigenvalue weighted by atomic mass is 9.99. The summed E-state index contributed by atoms with van der Waals surface area (Å²) in [6.07, 6.45) is 1.12. The molecule has 1 heterocycles. The number of nitrogens with zero attached hydrogens (tertiary/aromatic N) is 2. The SMILES string of the molecule is CN=C(NCCNC(=O)c1cccc(OC)c1)N1CCC(c2ccccc2)C1.I. The molecule has 156 valence electrons. The van der Waals surface area contributed by atoms with Crippen molar-refractivity contribution < 1.29 is 9.53 Å². The van der Waals surface area contributed by atoms with Crippen molar-refractivity contribution >= 4 is 35.8 Å². The molecule has 0 bridgehead atoms. The van der Waals surface area contributed by atoms with Crippen LogP contribution in [-0.4, -0.2) is 57.1 Å². The Balaban J connectivity index is 0.00000300. The lowest BCUT2D eigenvalue weighted by molar-refractivity contribution is 0.0954. The van der Waals surface area contributed by atoms with Crippen molar-refractivity contribution in [3.63, 3.8) is 0 Å². The third kappa shape index (κ3) is 6.35. The average Bonchev–Trinajstić information content (AvgIpc) is 3.24. The van der Waals surface area contributed by atoms with E-state index in [0.29, 0.717) is 30.3 Å². The molecule has 2 N–H and O–H groups in total. The smallest absolute Gasteiger partial charge is 0.251 e. The van der Waals surface area contributed by atoms with Crippen LogP contribution in [0.1, 0.15) is 28.3 Å². The monoisotopic (exact) mass is 508 g/mol. The van der Waals surface area contributed by atoms with Crippen molar-refractivity contribution in [2.45, 2.75) is 12.3 Å². The molecule has 0 radical (unpaired) electrons. The summed E-state index contributed by atoms with van der Waals surface area (Å²) in [4.78, 5) is 18.9. The zero-order valence-corrected chi connectivity index (χ0v) is 19.3. The van der Waals surface area contributed by atoms with Crippen LogP contribution in [0.3, 0.4) is 0 Å². The molecule has 7 heteroatoms. The lowest BCUT2D eigenvalue weighted by Crippen LogP contribution is -2.43. The fourth-order valence-electron chi connectivity index (χ4n) is 3.50. The second kappa shape index (κ2) is 11.6. The van der Waals surface area contributed by atoms with Crippen molar-refractivity contribution in [3.05, 3.63) is 65.7 Å². The predicted molar refractivity (Wildman–Crippen MR) is 127 cm³/mol. The summed E-state index contributed by atoms with van der Waals surface area (Å²) in [5.41, 5.74) is 1.97. The molecule has 1 aliphatic rings. The Morgan fingerprint density at radius 1 is 1.14 bits per heavy atom. The van der Waals surface area contributed by atoms with Gasteiger partial charge in [-0.05, 0) is 30.2 Å². The number of carbonyl (C=O) groups is 1. The number of aliphatic imine (C=N–C) groups is 1. The quantitative estimate of drug-likeness (QED) is 0.273. The minimum absolute atomic E-state index is 0. The van der Waals surface area contributed by atoms with Gasteiger partial charge in [-0.1, -0.05) is 36.4 Å². The van der Waals surface area contributed by atoms with Gasteiger partial charge in [0.2, 0.25) is 0 Å². The van der Waals surface area contributed by atoms with Gasteiger partial charge in [-0.3, -0.25) is 9.79 Å². The molecule has 0 saturated carbocycles. The Labute approximate surface area is 189 Å². The third-order valence-electron chi connectivity index (χ3n) is 5.00. The summed E-state index contributed by atoms with van der Waals surface area (Å²) in [7, 11) is 3.39. The largest absolute Gasteiger partial charge is 0.497 e. The van der Waals surface area contributed by atoms with E-state index >= 15 is 0 Å². The van der Waals surface area contributed by atoms with E-state index in [-0.39, 0.29) is 29.9 Å². The third-order valence-corrected chi connectivity index (χ3v) is 5.00. The highest BCUT2D eigenvalue weighted by Gasteiger charge is 2.25. The van der Waals surface area contributed by atoms with Crippen molar-refractivity contribution in [1.29, 1.82) is 0 Å².